The van der Waals surface area contributed by atoms with Crippen molar-refractivity contribution in [2.75, 3.05) is 30.5 Å². The van der Waals surface area contributed by atoms with E-state index in [4.69, 9.17) is 11.6 Å². The number of carbonyl (C=O) groups excluding carboxylic acids is 4. The van der Waals surface area contributed by atoms with Gasteiger partial charge in [-0.05, 0) is 24.3 Å². The molecule has 0 spiro atoms. The molecule has 130 valence electrons. The van der Waals surface area contributed by atoms with E-state index in [2.05, 4.69) is 15.4 Å². The fourth-order valence-electron chi connectivity index (χ4n) is 1.37. The second-order valence-electron chi connectivity index (χ2n) is 4.34. The number of halogens is 1. The first kappa shape index (κ1) is 19.8. The molecule has 0 radical (unpaired) electrons. The zero-order valence-electron chi connectivity index (χ0n) is 12.8. The van der Waals surface area contributed by atoms with E-state index < -0.39 is 24.5 Å². The summed E-state index contributed by atoms with van der Waals surface area (Å²) in [5.41, 5.74) is 0.596. The van der Waals surface area contributed by atoms with E-state index in [-0.39, 0.29) is 17.4 Å². The van der Waals surface area contributed by atoms with Crippen LogP contribution in [0, 0.1) is 0 Å². The number of anilines is 1. The van der Waals surface area contributed by atoms with Crippen LogP contribution in [0.15, 0.2) is 24.3 Å². The molecule has 0 heterocycles. The van der Waals surface area contributed by atoms with E-state index in [1.165, 1.54) is 7.05 Å². The number of hydrogen-bond acceptors (Lipinski definition) is 6. The van der Waals surface area contributed by atoms with Crippen molar-refractivity contribution in [1.29, 1.82) is 0 Å². The van der Waals surface area contributed by atoms with E-state index >= 15 is 0 Å². The number of thioether (sulfide) groups is 1. The van der Waals surface area contributed by atoms with Crippen LogP contribution in [0.3, 0.4) is 0 Å². The Hall–Kier alpha value is -2.26. The summed E-state index contributed by atoms with van der Waals surface area (Å²) in [6, 6.07) is 5.91. The Bertz CT molecular complexity index is 609. The van der Waals surface area contributed by atoms with Gasteiger partial charge in [0, 0.05) is 17.8 Å². The number of imide groups is 1. The van der Waals surface area contributed by atoms with Crippen molar-refractivity contribution in [3.63, 3.8) is 0 Å². The van der Waals surface area contributed by atoms with Crippen LogP contribution in [0.1, 0.15) is 0 Å². The van der Waals surface area contributed by atoms with Crippen molar-refractivity contribution >= 4 is 52.9 Å². The largest absolute Gasteiger partial charge is 0.455 e. The molecule has 8 nitrogen and oxygen atoms in total. The van der Waals surface area contributed by atoms with Gasteiger partial charge in [0.15, 0.2) is 6.61 Å². The molecule has 0 aliphatic heterocycles. The standard InChI is InChI=1S/C14H16ClN3O5S/c1-16-14(22)18-11(19)6-23-13(21)8-24-7-12(20)17-10-4-2-9(15)3-5-10/h2-5H,6-8H2,1H3,(H,17,20)(H2,16,18,19,22). The number of urea groups is 1. The normalized spacial score (nSPS) is 9.75. The fraction of sp³-hybridized carbons (Fsp3) is 0.286. The molecule has 10 heteroatoms. The SMILES string of the molecule is CNC(=O)NC(=O)COC(=O)CSCC(=O)Nc1ccc(Cl)cc1. The van der Waals surface area contributed by atoms with E-state index in [0.717, 1.165) is 11.8 Å². The zero-order valence-corrected chi connectivity index (χ0v) is 14.3. The first-order valence-corrected chi connectivity index (χ1v) is 8.24. The highest BCUT2D eigenvalue weighted by atomic mass is 35.5. The van der Waals surface area contributed by atoms with E-state index in [1.807, 2.05) is 5.32 Å². The summed E-state index contributed by atoms with van der Waals surface area (Å²) in [6.07, 6.45) is 0. The Morgan fingerprint density at radius 2 is 1.75 bits per heavy atom. The number of benzene rings is 1. The predicted octanol–water partition coefficient (Wildman–Crippen LogP) is 1.01. The van der Waals surface area contributed by atoms with Crippen LogP contribution in [-0.2, 0) is 19.1 Å². The average molecular weight is 374 g/mol. The second-order valence-corrected chi connectivity index (χ2v) is 5.76. The summed E-state index contributed by atoms with van der Waals surface area (Å²) in [6.45, 7) is -0.566. The van der Waals surface area contributed by atoms with Crippen molar-refractivity contribution in [2.45, 2.75) is 0 Å². The molecule has 0 fully saturated rings. The molecular weight excluding hydrogens is 358 g/mol. The molecule has 0 saturated heterocycles. The number of esters is 1. The molecule has 4 amide bonds. The van der Waals surface area contributed by atoms with E-state index in [1.54, 1.807) is 24.3 Å². The molecule has 0 aromatic heterocycles. The van der Waals surface area contributed by atoms with E-state index in [9.17, 15) is 19.2 Å². The third-order valence-electron chi connectivity index (χ3n) is 2.43. The molecule has 1 aromatic rings. The summed E-state index contributed by atoms with van der Waals surface area (Å²) in [7, 11) is 1.35. The first-order valence-electron chi connectivity index (χ1n) is 6.71. The summed E-state index contributed by atoms with van der Waals surface area (Å²) in [5, 5.41) is 7.33. The van der Waals surface area contributed by atoms with Gasteiger partial charge in [-0.2, -0.15) is 0 Å². The Balaban J connectivity index is 2.18. The number of nitrogens with one attached hydrogen (secondary N) is 3. The lowest BCUT2D eigenvalue weighted by Crippen LogP contribution is -2.39. The van der Waals surface area contributed by atoms with Gasteiger partial charge in [0.05, 0.1) is 11.5 Å². The van der Waals surface area contributed by atoms with Crippen LogP contribution in [0.5, 0.6) is 0 Å². The maximum Gasteiger partial charge on any atom is 0.321 e. The lowest BCUT2D eigenvalue weighted by Gasteiger charge is -2.06. The molecule has 0 aliphatic rings. The van der Waals surface area contributed by atoms with Gasteiger partial charge in [0.2, 0.25) is 5.91 Å². The number of hydrogen-bond donors (Lipinski definition) is 3. The molecule has 24 heavy (non-hydrogen) atoms. The second kappa shape index (κ2) is 10.5. The third-order valence-corrected chi connectivity index (χ3v) is 3.58. The molecule has 0 bridgehead atoms. The monoisotopic (exact) mass is 373 g/mol. The summed E-state index contributed by atoms with van der Waals surface area (Å²) >= 11 is 6.77. The highest BCUT2D eigenvalue weighted by molar-refractivity contribution is 8.00. The Morgan fingerprint density at radius 1 is 1.08 bits per heavy atom. The van der Waals surface area contributed by atoms with Crippen LogP contribution < -0.4 is 16.0 Å². The van der Waals surface area contributed by atoms with Gasteiger partial charge in [0.25, 0.3) is 5.91 Å². The molecule has 1 aromatic carbocycles. The summed E-state index contributed by atoms with van der Waals surface area (Å²) in [5.74, 6) is -1.74. The predicted molar refractivity (Wildman–Crippen MR) is 91.0 cm³/mol. The minimum atomic E-state index is -0.742. The Morgan fingerprint density at radius 3 is 2.38 bits per heavy atom. The van der Waals surface area contributed by atoms with Crippen LogP contribution in [0.4, 0.5) is 10.5 Å². The van der Waals surface area contributed by atoms with Gasteiger partial charge in [0.1, 0.15) is 0 Å². The van der Waals surface area contributed by atoms with Crippen LogP contribution in [0.25, 0.3) is 0 Å². The first-order chi connectivity index (χ1) is 11.4. The minimum Gasteiger partial charge on any atom is -0.455 e. The molecule has 3 N–H and O–H groups in total. The van der Waals surface area contributed by atoms with Gasteiger partial charge in [-0.3, -0.25) is 19.7 Å². The third kappa shape index (κ3) is 8.39. The van der Waals surface area contributed by atoms with Crippen molar-refractivity contribution in [3.05, 3.63) is 29.3 Å². The van der Waals surface area contributed by atoms with Gasteiger partial charge in [-0.25, -0.2) is 4.79 Å². The number of rotatable bonds is 7. The quantitative estimate of drug-likeness (QED) is 0.615. The molecule has 0 aliphatic carbocycles. The fourth-order valence-corrected chi connectivity index (χ4v) is 2.11. The van der Waals surface area contributed by atoms with Gasteiger partial charge >= 0.3 is 12.0 Å². The minimum absolute atomic E-state index is 0.0438. The number of carbonyl (C=O) groups is 4. The molecular formula is C14H16ClN3O5S. The molecule has 0 unspecified atom stereocenters. The van der Waals surface area contributed by atoms with Crippen molar-refractivity contribution in [1.82, 2.24) is 10.6 Å². The lowest BCUT2D eigenvalue weighted by molar-refractivity contribution is -0.145. The van der Waals surface area contributed by atoms with Crippen LogP contribution >= 0.6 is 23.4 Å². The van der Waals surface area contributed by atoms with E-state index in [0.29, 0.717) is 10.7 Å². The molecule has 0 saturated carbocycles. The lowest BCUT2D eigenvalue weighted by atomic mass is 10.3. The number of amides is 4. The highest BCUT2D eigenvalue weighted by Crippen LogP contribution is 2.13. The maximum atomic E-state index is 11.7. The average Bonchev–Trinajstić information content (AvgIpc) is 2.55. The molecule has 1 rings (SSSR count). The van der Waals surface area contributed by atoms with Gasteiger partial charge in [-0.15, -0.1) is 11.8 Å². The maximum absolute atomic E-state index is 11.7. The topological polar surface area (TPSA) is 114 Å². The zero-order chi connectivity index (χ0) is 17.9. The van der Waals surface area contributed by atoms with Crippen molar-refractivity contribution < 1.29 is 23.9 Å². The van der Waals surface area contributed by atoms with Crippen LogP contribution in [-0.4, -0.2) is 49.0 Å². The Labute approximate surface area is 147 Å². The highest BCUT2D eigenvalue weighted by Gasteiger charge is 2.11. The molecule has 0 atom stereocenters. The smallest absolute Gasteiger partial charge is 0.321 e. The van der Waals surface area contributed by atoms with Crippen molar-refractivity contribution in [2.24, 2.45) is 0 Å². The van der Waals surface area contributed by atoms with Crippen LogP contribution in [0.2, 0.25) is 5.02 Å². The number of ether oxygens (including phenoxy) is 1. The van der Waals surface area contributed by atoms with Gasteiger partial charge in [-0.1, -0.05) is 11.6 Å². The summed E-state index contributed by atoms with van der Waals surface area (Å²) < 4.78 is 4.66. The Kier molecular flexibility index (Phi) is 8.66. The van der Waals surface area contributed by atoms with Crippen molar-refractivity contribution in [3.8, 4) is 0 Å². The van der Waals surface area contributed by atoms with Gasteiger partial charge < -0.3 is 15.4 Å². The summed E-state index contributed by atoms with van der Waals surface area (Å²) in [4.78, 5) is 45.1.